The van der Waals surface area contributed by atoms with Crippen molar-refractivity contribution in [1.29, 1.82) is 0 Å². The van der Waals surface area contributed by atoms with Gasteiger partial charge in [0.15, 0.2) is 0 Å². The zero-order valence-electron chi connectivity index (χ0n) is 6.87. The van der Waals surface area contributed by atoms with Gasteiger partial charge < -0.3 is 10.5 Å². The predicted molar refractivity (Wildman–Crippen MR) is 48.1 cm³/mol. The predicted octanol–water partition coefficient (Wildman–Crippen LogP) is 0.827. The summed E-state index contributed by atoms with van der Waals surface area (Å²) in [6.07, 6.45) is 2.70. The Kier molecular flexibility index (Phi) is 2.85. The Morgan fingerprint density at radius 1 is 1.54 bits per heavy atom. The van der Waals surface area contributed by atoms with Crippen LogP contribution in [0.15, 0.2) is 18.5 Å². The van der Waals surface area contributed by atoms with E-state index in [1.54, 1.807) is 6.07 Å². The van der Waals surface area contributed by atoms with Gasteiger partial charge in [-0.3, -0.25) is 4.98 Å². The molecule has 0 aliphatic carbocycles. The Bertz CT molecular complexity index is 304. The highest BCUT2D eigenvalue weighted by atomic mass is 35.5. The van der Waals surface area contributed by atoms with Gasteiger partial charge in [-0.2, -0.15) is 0 Å². The molecule has 0 unspecified atom stereocenters. The van der Waals surface area contributed by atoms with Crippen LogP contribution in [-0.2, 0) is 10.3 Å². The van der Waals surface area contributed by atoms with E-state index < -0.39 is 5.54 Å². The minimum Gasteiger partial charge on any atom is -0.377 e. The number of nitrogens with two attached hydrogens (primary N) is 1. The van der Waals surface area contributed by atoms with Crippen LogP contribution in [-0.4, -0.2) is 18.2 Å². The van der Waals surface area contributed by atoms with E-state index >= 15 is 0 Å². The number of rotatable bonds is 1. The molecular formula is C8H10ClFN2O. The summed E-state index contributed by atoms with van der Waals surface area (Å²) in [6.45, 7) is 0.766. The summed E-state index contributed by atoms with van der Waals surface area (Å²) >= 11 is 0. The van der Waals surface area contributed by atoms with Crippen LogP contribution in [0, 0.1) is 5.82 Å². The second-order valence-electron chi connectivity index (χ2n) is 3.00. The second-order valence-corrected chi connectivity index (χ2v) is 3.00. The number of pyridine rings is 1. The highest BCUT2D eigenvalue weighted by Crippen LogP contribution is 2.27. The van der Waals surface area contributed by atoms with Crippen LogP contribution in [0.3, 0.4) is 0 Å². The molecule has 3 nitrogen and oxygen atoms in total. The number of ether oxygens (including phenoxy) is 1. The maximum atomic E-state index is 13.1. The lowest BCUT2D eigenvalue weighted by Crippen LogP contribution is -2.54. The van der Waals surface area contributed by atoms with E-state index in [0.717, 1.165) is 0 Å². The Balaban J connectivity index is 0.000000845. The van der Waals surface area contributed by atoms with Crippen LogP contribution in [0.2, 0.25) is 0 Å². The SMILES string of the molecule is Cl.NC1(c2ccncc2F)COC1. The molecule has 1 fully saturated rings. The maximum Gasteiger partial charge on any atom is 0.146 e. The fourth-order valence-corrected chi connectivity index (χ4v) is 1.26. The topological polar surface area (TPSA) is 48.1 Å². The van der Waals surface area contributed by atoms with Crippen molar-refractivity contribution >= 4 is 12.4 Å². The highest BCUT2D eigenvalue weighted by Gasteiger charge is 2.38. The van der Waals surface area contributed by atoms with Crippen molar-refractivity contribution in [3.63, 3.8) is 0 Å². The first kappa shape index (κ1) is 10.4. The van der Waals surface area contributed by atoms with Gasteiger partial charge in [0, 0.05) is 11.8 Å². The molecule has 0 spiro atoms. The Labute approximate surface area is 81.5 Å². The number of hydrogen-bond donors (Lipinski definition) is 1. The van der Waals surface area contributed by atoms with Gasteiger partial charge in [-0.05, 0) is 6.07 Å². The first-order valence-corrected chi connectivity index (χ1v) is 3.69. The molecule has 1 saturated heterocycles. The lowest BCUT2D eigenvalue weighted by Gasteiger charge is -2.38. The van der Waals surface area contributed by atoms with Crippen LogP contribution < -0.4 is 5.73 Å². The summed E-state index contributed by atoms with van der Waals surface area (Å²) in [6, 6.07) is 1.60. The number of halogens is 2. The van der Waals surface area contributed by atoms with Crippen molar-refractivity contribution in [2.24, 2.45) is 5.73 Å². The Morgan fingerprint density at radius 2 is 2.23 bits per heavy atom. The average Bonchev–Trinajstić information content (AvgIpc) is 2.01. The van der Waals surface area contributed by atoms with Crippen LogP contribution in [0.4, 0.5) is 4.39 Å². The third-order valence-electron chi connectivity index (χ3n) is 2.03. The first-order chi connectivity index (χ1) is 5.72. The van der Waals surface area contributed by atoms with Crippen molar-refractivity contribution in [3.05, 3.63) is 29.8 Å². The van der Waals surface area contributed by atoms with E-state index in [1.807, 2.05) is 0 Å². The molecule has 0 radical (unpaired) electrons. The molecule has 2 rings (SSSR count). The van der Waals surface area contributed by atoms with Gasteiger partial charge in [-0.1, -0.05) is 0 Å². The lowest BCUT2D eigenvalue weighted by atomic mass is 9.90. The summed E-state index contributed by atoms with van der Waals surface area (Å²) in [5.41, 5.74) is 5.69. The summed E-state index contributed by atoms with van der Waals surface area (Å²) in [5.74, 6) is -0.358. The third kappa shape index (κ3) is 1.65. The maximum absolute atomic E-state index is 13.1. The van der Waals surface area contributed by atoms with Crippen molar-refractivity contribution < 1.29 is 9.13 Å². The van der Waals surface area contributed by atoms with Crippen molar-refractivity contribution in [2.45, 2.75) is 5.54 Å². The molecule has 13 heavy (non-hydrogen) atoms. The van der Waals surface area contributed by atoms with Gasteiger partial charge >= 0.3 is 0 Å². The zero-order chi connectivity index (χ0) is 8.60. The van der Waals surface area contributed by atoms with E-state index in [4.69, 9.17) is 10.5 Å². The van der Waals surface area contributed by atoms with Crippen LogP contribution >= 0.6 is 12.4 Å². The van der Waals surface area contributed by atoms with Gasteiger partial charge in [-0.25, -0.2) is 4.39 Å². The number of aromatic nitrogens is 1. The second kappa shape index (κ2) is 3.57. The molecule has 2 N–H and O–H groups in total. The third-order valence-corrected chi connectivity index (χ3v) is 2.03. The monoisotopic (exact) mass is 204 g/mol. The van der Waals surface area contributed by atoms with Crippen molar-refractivity contribution in [1.82, 2.24) is 4.98 Å². The fourth-order valence-electron chi connectivity index (χ4n) is 1.26. The number of nitrogens with zero attached hydrogens (tertiary/aromatic N) is 1. The van der Waals surface area contributed by atoms with E-state index in [1.165, 1.54) is 12.4 Å². The van der Waals surface area contributed by atoms with Gasteiger partial charge in [-0.15, -0.1) is 12.4 Å². The quantitative estimate of drug-likeness (QED) is 0.737. The molecule has 1 aromatic heterocycles. The standard InChI is InChI=1S/C8H9FN2O.ClH/c9-7-3-11-2-1-6(7)8(10)4-12-5-8;/h1-3H,4-5,10H2;1H. The molecule has 1 aliphatic rings. The minimum atomic E-state index is -0.632. The van der Waals surface area contributed by atoms with E-state index in [-0.39, 0.29) is 18.2 Å². The van der Waals surface area contributed by atoms with Gasteiger partial charge in [0.1, 0.15) is 5.82 Å². The molecule has 2 heterocycles. The van der Waals surface area contributed by atoms with E-state index in [9.17, 15) is 4.39 Å². The molecule has 0 aromatic carbocycles. The normalized spacial score (nSPS) is 18.6. The van der Waals surface area contributed by atoms with E-state index in [0.29, 0.717) is 18.8 Å². The molecule has 0 atom stereocenters. The van der Waals surface area contributed by atoms with Gasteiger partial charge in [0.2, 0.25) is 0 Å². The van der Waals surface area contributed by atoms with Crippen molar-refractivity contribution in [3.8, 4) is 0 Å². The smallest absolute Gasteiger partial charge is 0.146 e. The van der Waals surface area contributed by atoms with Crippen LogP contribution in [0.5, 0.6) is 0 Å². The average molecular weight is 205 g/mol. The molecule has 1 aromatic rings. The largest absolute Gasteiger partial charge is 0.377 e. The summed E-state index contributed by atoms with van der Waals surface area (Å²) < 4.78 is 18.0. The number of hydrogen-bond acceptors (Lipinski definition) is 3. The Morgan fingerprint density at radius 3 is 2.69 bits per heavy atom. The lowest BCUT2D eigenvalue weighted by molar-refractivity contribution is -0.0585. The molecule has 0 amide bonds. The van der Waals surface area contributed by atoms with Gasteiger partial charge in [0.25, 0.3) is 0 Å². The summed E-state index contributed by atoms with van der Waals surface area (Å²) in [7, 11) is 0. The van der Waals surface area contributed by atoms with E-state index in [2.05, 4.69) is 4.98 Å². The molecule has 0 bridgehead atoms. The highest BCUT2D eigenvalue weighted by molar-refractivity contribution is 5.85. The van der Waals surface area contributed by atoms with Gasteiger partial charge in [0.05, 0.1) is 24.9 Å². The van der Waals surface area contributed by atoms with Crippen molar-refractivity contribution in [2.75, 3.05) is 13.2 Å². The minimum absolute atomic E-state index is 0. The molecular weight excluding hydrogens is 195 g/mol. The molecule has 0 saturated carbocycles. The van der Waals surface area contributed by atoms with Crippen LogP contribution in [0.1, 0.15) is 5.56 Å². The molecule has 1 aliphatic heterocycles. The Hall–Kier alpha value is -0.710. The zero-order valence-corrected chi connectivity index (χ0v) is 7.68. The fraction of sp³-hybridized carbons (Fsp3) is 0.375. The molecule has 5 heteroatoms. The summed E-state index contributed by atoms with van der Waals surface area (Å²) in [4.78, 5) is 3.65. The summed E-state index contributed by atoms with van der Waals surface area (Å²) in [5, 5.41) is 0. The molecule has 72 valence electrons. The first-order valence-electron chi connectivity index (χ1n) is 3.69. The van der Waals surface area contributed by atoms with Crippen LogP contribution in [0.25, 0.3) is 0 Å².